The van der Waals surface area contributed by atoms with Crippen LogP contribution in [-0.2, 0) is 0 Å². The molecule has 1 aliphatic rings. The third kappa shape index (κ3) is 0.969. The fraction of sp³-hybridized carbons (Fsp3) is 0.455. The number of aliphatic hydroxyl groups excluding tert-OH is 1. The molecule has 1 nitrogen and oxygen atoms in total. The highest BCUT2D eigenvalue weighted by molar-refractivity contribution is 5.42. The molecule has 0 saturated carbocycles. The van der Waals surface area contributed by atoms with Gasteiger partial charge in [0.15, 0.2) is 0 Å². The molecule has 0 aliphatic heterocycles. The Bertz CT molecular complexity index is 304. The van der Waals surface area contributed by atoms with Crippen molar-refractivity contribution in [3.8, 4) is 0 Å². The van der Waals surface area contributed by atoms with Gasteiger partial charge in [0.05, 0.1) is 6.10 Å². The summed E-state index contributed by atoms with van der Waals surface area (Å²) in [6.45, 7) is 4.30. The molecule has 0 spiro atoms. The topological polar surface area (TPSA) is 20.2 Å². The Morgan fingerprint density at radius 1 is 1.42 bits per heavy atom. The minimum Gasteiger partial charge on any atom is -0.388 e. The van der Waals surface area contributed by atoms with Crippen molar-refractivity contribution >= 4 is 0 Å². The zero-order valence-corrected chi connectivity index (χ0v) is 7.54. The number of hydrogen-bond donors (Lipinski definition) is 1. The summed E-state index contributed by atoms with van der Waals surface area (Å²) < 4.78 is 0. The fourth-order valence-electron chi connectivity index (χ4n) is 2.25. The first-order valence-electron chi connectivity index (χ1n) is 4.47. The van der Waals surface area contributed by atoms with Gasteiger partial charge < -0.3 is 5.11 Å². The molecule has 0 aromatic heterocycles. The maximum absolute atomic E-state index is 9.68. The summed E-state index contributed by atoms with van der Waals surface area (Å²) in [5.74, 6) is 0.524. The molecule has 1 heteroatoms. The third-order valence-electron chi connectivity index (χ3n) is 2.79. The Balaban J connectivity index is 2.59. The molecule has 64 valence electrons. The number of hydrogen-bond acceptors (Lipinski definition) is 1. The van der Waals surface area contributed by atoms with E-state index in [0.29, 0.717) is 5.92 Å². The highest BCUT2D eigenvalue weighted by Gasteiger charge is 2.27. The molecule has 1 aliphatic carbocycles. The highest BCUT2D eigenvalue weighted by Crippen LogP contribution is 2.41. The van der Waals surface area contributed by atoms with E-state index in [2.05, 4.69) is 19.9 Å². The van der Waals surface area contributed by atoms with Gasteiger partial charge in [0.1, 0.15) is 0 Å². The molecule has 12 heavy (non-hydrogen) atoms. The molecule has 0 radical (unpaired) electrons. The summed E-state index contributed by atoms with van der Waals surface area (Å²) in [6, 6.07) is 6.18. The predicted octanol–water partition coefficient (Wildman–Crippen LogP) is 2.54. The standard InChI is InChI=1S/C11H14O/c1-7-4-3-5-9-10(12)6-8(2)11(7)9/h3-5,8,10,12H,6H2,1-2H3/t8-,10-/m1/s1. The lowest BCUT2D eigenvalue weighted by atomic mass is 9.98. The Kier molecular flexibility index (Phi) is 1.69. The van der Waals surface area contributed by atoms with Crippen LogP contribution in [-0.4, -0.2) is 5.11 Å². The Morgan fingerprint density at radius 2 is 2.17 bits per heavy atom. The molecule has 1 aromatic carbocycles. The van der Waals surface area contributed by atoms with Crippen LogP contribution in [0.1, 0.15) is 42.1 Å². The molecule has 0 amide bonds. The Labute approximate surface area is 73.0 Å². The molecule has 1 N–H and O–H groups in total. The SMILES string of the molecule is Cc1cccc2c1[C@H](C)C[C@H]2O. The van der Waals surface area contributed by atoms with E-state index < -0.39 is 0 Å². The van der Waals surface area contributed by atoms with E-state index in [1.54, 1.807) is 0 Å². The summed E-state index contributed by atoms with van der Waals surface area (Å²) in [4.78, 5) is 0. The molecular formula is C11H14O. The highest BCUT2D eigenvalue weighted by atomic mass is 16.3. The molecule has 0 saturated heterocycles. The van der Waals surface area contributed by atoms with Crippen LogP contribution in [0.4, 0.5) is 0 Å². The van der Waals surface area contributed by atoms with Crippen LogP contribution in [0.5, 0.6) is 0 Å². The Morgan fingerprint density at radius 3 is 2.83 bits per heavy atom. The van der Waals surface area contributed by atoms with Crippen LogP contribution in [0.25, 0.3) is 0 Å². The average molecular weight is 162 g/mol. The van der Waals surface area contributed by atoms with Crippen molar-refractivity contribution in [1.29, 1.82) is 0 Å². The lowest BCUT2D eigenvalue weighted by molar-refractivity contribution is 0.174. The summed E-state index contributed by atoms with van der Waals surface area (Å²) in [6.07, 6.45) is 0.662. The maximum Gasteiger partial charge on any atom is 0.0798 e. The zero-order valence-electron chi connectivity index (χ0n) is 7.54. The van der Waals surface area contributed by atoms with Gasteiger partial charge in [-0.25, -0.2) is 0 Å². The predicted molar refractivity (Wildman–Crippen MR) is 49.2 cm³/mol. The smallest absolute Gasteiger partial charge is 0.0798 e. The first-order valence-corrected chi connectivity index (χ1v) is 4.47. The van der Waals surface area contributed by atoms with Crippen molar-refractivity contribution in [3.63, 3.8) is 0 Å². The zero-order chi connectivity index (χ0) is 8.72. The van der Waals surface area contributed by atoms with Gasteiger partial charge in [0, 0.05) is 0 Å². The van der Waals surface area contributed by atoms with E-state index in [0.717, 1.165) is 12.0 Å². The van der Waals surface area contributed by atoms with Crippen LogP contribution in [0, 0.1) is 6.92 Å². The second-order valence-corrected chi connectivity index (χ2v) is 3.73. The third-order valence-corrected chi connectivity index (χ3v) is 2.79. The van der Waals surface area contributed by atoms with Crippen LogP contribution >= 0.6 is 0 Å². The maximum atomic E-state index is 9.68. The van der Waals surface area contributed by atoms with Crippen molar-refractivity contribution in [2.75, 3.05) is 0 Å². The van der Waals surface area contributed by atoms with Gasteiger partial charge in [-0.05, 0) is 36.0 Å². The minimum atomic E-state index is -0.227. The van der Waals surface area contributed by atoms with Crippen LogP contribution in [0.15, 0.2) is 18.2 Å². The number of rotatable bonds is 0. The lowest BCUT2D eigenvalue weighted by Gasteiger charge is -2.07. The van der Waals surface area contributed by atoms with Gasteiger partial charge in [0.25, 0.3) is 0 Å². The number of aryl methyl sites for hydroxylation is 1. The molecule has 0 heterocycles. The van der Waals surface area contributed by atoms with Gasteiger partial charge in [-0.3, -0.25) is 0 Å². The minimum absolute atomic E-state index is 0.227. The van der Waals surface area contributed by atoms with Gasteiger partial charge in [-0.15, -0.1) is 0 Å². The second-order valence-electron chi connectivity index (χ2n) is 3.73. The van der Waals surface area contributed by atoms with Gasteiger partial charge in [-0.2, -0.15) is 0 Å². The van der Waals surface area contributed by atoms with Crippen molar-refractivity contribution in [3.05, 3.63) is 34.9 Å². The summed E-state index contributed by atoms with van der Waals surface area (Å²) in [7, 11) is 0. The number of aliphatic hydroxyl groups is 1. The van der Waals surface area contributed by atoms with Crippen LogP contribution in [0.3, 0.4) is 0 Å². The largest absolute Gasteiger partial charge is 0.388 e. The molecule has 0 bridgehead atoms. The van der Waals surface area contributed by atoms with Crippen molar-refractivity contribution < 1.29 is 5.11 Å². The lowest BCUT2D eigenvalue weighted by Crippen LogP contribution is -1.91. The summed E-state index contributed by atoms with van der Waals surface area (Å²) in [5.41, 5.74) is 3.82. The normalized spacial score (nSPS) is 27.2. The van der Waals surface area contributed by atoms with Crippen molar-refractivity contribution in [2.24, 2.45) is 0 Å². The van der Waals surface area contributed by atoms with Gasteiger partial charge >= 0.3 is 0 Å². The summed E-state index contributed by atoms with van der Waals surface area (Å²) >= 11 is 0. The number of fused-ring (bicyclic) bond motifs is 1. The first-order chi connectivity index (χ1) is 5.70. The van der Waals surface area contributed by atoms with E-state index in [-0.39, 0.29) is 6.10 Å². The van der Waals surface area contributed by atoms with Crippen LogP contribution < -0.4 is 0 Å². The van der Waals surface area contributed by atoms with E-state index in [1.807, 2.05) is 12.1 Å². The monoisotopic (exact) mass is 162 g/mol. The molecule has 2 rings (SSSR count). The number of benzene rings is 1. The molecule has 0 unspecified atom stereocenters. The fourth-order valence-corrected chi connectivity index (χ4v) is 2.25. The summed E-state index contributed by atoms with van der Waals surface area (Å²) in [5, 5.41) is 9.68. The second kappa shape index (κ2) is 2.60. The van der Waals surface area contributed by atoms with E-state index in [4.69, 9.17) is 0 Å². The first kappa shape index (κ1) is 7.81. The molecule has 0 fully saturated rings. The molecule has 2 atom stereocenters. The average Bonchev–Trinajstić information content (AvgIpc) is 2.29. The quantitative estimate of drug-likeness (QED) is 0.621. The van der Waals surface area contributed by atoms with Crippen molar-refractivity contribution in [1.82, 2.24) is 0 Å². The molecule has 1 aromatic rings. The van der Waals surface area contributed by atoms with E-state index in [1.165, 1.54) is 11.1 Å². The van der Waals surface area contributed by atoms with E-state index in [9.17, 15) is 5.11 Å². The Hall–Kier alpha value is -0.820. The van der Waals surface area contributed by atoms with E-state index >= 15 is 0 Å². The van der Waals surface area contributed by atoms with Crippen LogP contribution in [0.2, 0.25) is 0 Å². The van der Waals surface area contributed by atoms with Gasteiger partial charge in [-0.1, -0.05) is 25.1 Å². The van der Waals surface area contributed by atoms with Gasteiger partial charge in [0.2, 0.25) is 0 Å². The van der Waals surface area contributed by atoms with Crippen molar-refractivity contribution in [2.45, 2.75) is 32.3 Å². The molecular weight excluding hydrogens is 148 g/mol.